The number of piperidine rings is 1. The highest BCUT2D eigenvalue weighted by atomic mass is 32.1. The first-order chi connectivity index (χ1) is 12.6. The summed E-state index contributed by atoms with van der Waals surface area (Å²) in [6.45, 7) is 4.07. The van der Waals surface area contributed by atoms with Gasteiger partial charge in [0.15, 0.2) is 0 Å². The van der Waals surface area contributed by atoms with Crippen LogP contribution in [0.1, 0.15) is 28.8 Å². The molecule has 3 rings (SSSR count). The first-order valence-electron chi connectivity index (χ1n) is 9.25. The van der Waals surface area contributed by atoms with Crippen LogP contribution in [-0.4, -0.2) is 36.3 Å². The van der Waals surface area contributed by atoms with Gasteiger partial charge in [-0.05, 0) is 43.2 Å². The van der Waals surface area contributed by atoms with Crippen LogP contribution in [0.5, 0.6) is 0 Å². The molecule has 1 aliphatic heterocycles. The Bertz CT molecular complexity index is 734. The normalized spacial score (nSPS) is 15.0. The number of carbonyl (C=O) groups excluding carboxylic acids is 2. The summed E-state index contributed by atoms with van der Waals surface area (Å²) in [5, 5.41) is 5.10. The van der Waals surface area contributed by atoms with E-state index in [4.69, 9.17) is 0 Å². The highest BCUT2D eigenvalue weighted by Gasteiger charge is 2.27. The second kappa shape index (κ2) is 8.99. The summed E-state index contributed by atoms with van der Waals surface area (Å²) in [5.74, 6) is 0.320. The van der Waals surface area contributed by atoms with Gasteiger partial charge in [0.2, 0.25) is 11.8 Å². The van der Waals surface area contributed by atoms with Gasteiger partial charge in [-0.25, -0.2) is 0 Å². The van der Waals surface area contributed by atoms with Crippen molar-refractivity contribution in [3.63, 3.8) is 0 Å². The third kappa shape index (κ3) is 5.18. The molecule has 4 nitrogen and oxygen atoms in total. The average Bonchev–Trinajstić information content (AvgIpc) is 3.15. The topological polar surface area (TPSA) is 49.4 Å². The van der Waals surface area contributed by atoms with Crippen LogP contribution in [-0.2, 0) is 22.4 Å². The molecule has 0 spiro atoms. The van der Waals surface area contributed by atoms with Crippen LogP contribution < -0.4 is 5.32 Å². The van der Waals surface area contributed by atoms with E-state index in [0.29, 0.717) is 26.1 Å². The molecule has 0 radical (unpaired) electrons. The summed E-state index contributed by atoms with van der Waals surface area (Å²) in [7, 11) is 0. The summed E-state index contributed by atoms with van der Waals surface area (Å²) >= 11 is 1.72. The summed E-state index contributed by atoms with van der Waals surface area (Å²) in [5.41, 5.74) is 2.23. The van der Waals surface area contributed by atoms with Crippen LogP contribution in [0, 0.1) is 12.8 Å². The fourth-order valence-electron chi connectivity index (χ4n) is 3.41. The van der Waals surface area contributed by atoms with Crippen LogP contribution in [0.4, 0.5) is 0 Å². The summed E-state index contributed by atoms with van der Waals surface area (Å²) in [4.78, 5) is 28.0. The number of rotatable bonds is 6. The largest absolute Gasteiger partial charge is 0.355 e. The zero-order valence-corrected chi connectivity index (χ0v) is 16.1. The molecule has 0 atom stereocenters. The summed E-state index contributed by atoms with van der Waals surface area (Å²) in [6.07, 6.45) is 2.84. The molecule has 138 valence electrons. The minimum atomic E-state index is 0.0290. The Morgan fingerprint density at radius 1 is 1.19 bits per heavy atom. The fraction of sp³-hybridized carbons (Fsp3) is 0.429. The van der Waals surface area contributed by atoms with E-state index in [9.17, 15) is 9.59 Å². The fourth-order valence-corrected chi connectivity index (χ4v) is 4.12. The lowest BCUT2D eigenvalue weighted by Gasteiger charge is -2.31. The molecule has 26 heavy (non-hydrogen) atoms. The first kappa shape index (κ1) is 18.6. The molecule has 0 bridgehead atoms. The molecular formula is C21H26N2O2S. The van der Waals surface area contributed by atoms with E-state index in [2.05, 4.69) is 22.8 Å². The minimum absolute atomic E-state index is 0.0290. The average molecular weight is 371 g/mol. The zero-order chi connectivity index (χ0) is 18.4. The smallest absolute Gasteiger partial charge is 0.226 e. The molecule has 5 heteroatoms. The van der Waals surface area contributed by atoms with E-state index >= 15 is 0 Å². The van der Waals surface area contributed by atoms with Gasteiger partial charge in [0.05, 0.1) is 6.42 Å². The Kier molecular flexibility index (Phi) is 6.45. The van der Waals surface area contributed by atoms with Crippen molar-refractivity contribution in [3.8, 4) is 0 Å². The molecular weight excluding hydrogens is 344 g/mol. The van der Waals surface area contributed by atoms with Gasteiger partial charge in [0.1, 0.15) is 0 Å². The Morgan fingerprint density at radius 2 is 2.00 bits per heavy atom. The number of amides is 2. The Balaban J connectivity index is 1.40. The van der Waals surface area contributed by atoms with E-state index in [1.165, 1.54) is 10.4 Å². The number of carbonyl (C=O) groups is 2. The molecule has 0 unspecified atom stereocenters. The van der Waals surface area contributed by atoms with Crippen molar-refractivity contribution in [3.05, 3.63) is 57.8 Å². The maximum absolute atomic E-state index is 12.5. The molecule has 0 aliphatic carbocycles. The maximum Gasteiger partial charge on any atom is 0.226 e. The van der Waals surface area contributed by atoms with Gasteiger partial charge in [-0.3, -0.25) is 9.59 Å². The second-order valence-electron chi connectivity index (χ2n) is 6.94. The van der Waals surface area contributed by atoms with Gasteiger partial charge in [-0.2, -0.15) is 0 Å². The van der Waals surface area contributed by atoms with Crippen molar-refractivity contribution in [1.82, 2.24) is 10.2 Å². The predicted molar refractivity (Wildman–Crippen MR) is 105 cm³/mol. The number of hydrogen-bond donors (Lipinski definition) is 1. The van der Waals surface area contributed by atoms with E-state index in [1.54, 1.807) is 11.3 Å². The molecule has 1 fully saturated rings. The van der Waals surface area contributed by atoms with E-state index in [0.717, 1.165) is 24.8 Å². The number of hydrogen-bond acceptors (Lipinski definition) is 3. The quantitative estimate of drug-likeness (QED) is 0.849. The molecule has 1 N–H and O–H groups in total. The highest BCUT2D eigenvalue weighted by molar-refractivity contribution is 7.09. The lowest BCUT2D eigenvalue weighted by Crippen LogP contribution is -2.43. The number of thiophene rings is 1. The van der Waals surface area contributed by atoms with Crippen molar-refractivity contribution in [2.24, 2.45) is 5.92 Å². The number of likely N-dealkylation sites (tertiary alicyclic amines) is 1. The van der Waals surface area contributed by atoms with Crippen molar-refractivity contribution in [2.45, 2.75) is 32.6 Å². The molecule has 0 saturated carbocycles. The minimum Gasteiger partial charge on any atom is -0.355 e. The number of benzene rings is 1. The third-order valence-corrected chi connectivity index (χ3v) is 5.84. The Hall–Kier alpha value is -2.14. The van der Waals surface area contributed by atoms with Gasteiger partial charge in [0.25, 0.3) is 0 Å². The lowest BCUT2D eigenvalue weighted by atomic mass is 9.95. The van der Waals surface area contributed by atoms with E-state index in [-0.39, 0.29) is 17.7 Å². The van der Waals surface area contributed by atoms with Gasteiger partial charge >= 0.3 is 0 Å². The molecule has 1 aromatic carbocycles. The van der Waals surface area contributed by atoms with Gasteiger partial charge < -0.3 is 10.2 Å². The van der Waals surface area contributed by atoms with Gasteiger partial charge in [-0.15, -0.1) is 11.3 Å². The molecule has 2 amide bonds. The van der Waals surface area contributed by atoms with Gasteiger partial charge in [0, 0.05) is 30.4 Å². The zero-order valence-electron chi connectivity index (χ0n) is 15.2. The number of nitrogens with zero attached hydrogens (tertiary/aromatic N) is 1. The van der Waals surface area contributed by atoms with Crippen LogP contribution in [0.25, 0.3) is 0 Å². The lowest BCUT2D eigenvalue weighted by molar-refractivity contribution is -0.135. The Labute approximate surface area is 159 Å². The Morgan fingerprint density at radius 3 is 2.69 bits per heavy atom. The maximum atomic E-state index is 12.5. The van der Waals surface area contributed by atoms with E-state index in [1.807, 2.05) is 36.1 Å². The van der Waals surface area contributed by atoms with Crippen molar-refractivity contribution in [1.29, 1.82) is 0 Å². The molecule has 2 heterocycles. The highest BCUT2D eigenvalue weighted by Crippen LogP contribution is 2.19. The van der Waals surface area contributed by atoms with Gasteiger partial charge in [-0.1, -0.05) is 35.9 Å². The molecule has 1 aliphatic rings. The second-order valence-corrected chi connectivity index (χ2v) is 7.97. The summed E-state index contributed by atoms with van der Waals surface area (Å²) < 4.78 is 0. The van der Waals surface area contributed by atoms with Crippen LogP contribution >= 0.6 is 11.3 Å². The number of nitrogens with one attached hydrogen (secondary N) is 1. The summed E-state index contributed by atoms with van der Waals surface area (Å²) in [6, 6.07) is 12.2. The van der Waals surface area contributed by atoms with Crippen molar-refractivity contribution in [2.75, 3.05) is 19.6 Å². The van der Waals surface area contributed by atoms with Crippen LogP contribution in [0.15, 0.2) is 41.8 Å². The molecule has 1 saturated heterocycles. The number of aryl methyl sites for hydroxylation is 1. The van der Waals surface area contributed by atoms with Crippen molar-refractivity contribution < 1.29 is 9.59 Å². The van der Waals surface area contributed by atoms with E-state index < -0.39 is 0 Å². The standard InChI is InChI=1S/C21H26N2O2S/c1-16-4-2-5-17(14-16)15-20(24)23-11-8-18(9-12-23)21(25)22-10-7-19-6-3-13-26-19/h2-6,13-14,18H,7-12,15H2,1H3,(H,22,25). The third-order valence-electron chi connectivity index (χ3n) is 4.91. The van der Waals surface area contributed by atoms with Crippen LogP contribution in [0.3, 0.4) is 0 Å². The molecule has 1 aromatic heterocycles. The molecule has 2 aromatic rings. The van der Waals surface area contributed by atoms with Crippen molar-refractivity contribution >= 4 is 23.2 Å². The van der Waals surface area contributed by atoms with Crippen LogP contribution in [0.2, 0.25) is 0 Å². The first-order valence-corrected chi connectivity index (χ1v) is 10.1. The monoisotopic (exact) mass is 370 g/mol. The SMILES string of the molecule is Cc1cccc(CC(=O)N2CCC(C(=O)NCCc3cccs3)CC2)c1. The predicted octanol–water partition coefficient (Wildman–Crippen LogP) is 3.20.